The van der Waals surface area contributed by atoms with E-state index in [2.05, 4.69) is 5.16 Å². The van der Waals surface area contributed by atoms with Gasteiger partial charge >= 0.3 is 0 Å². The van der Waals surface area contributed by atoms with Crippen LogP contribution in [0.25, 0.3) is 33.7 Å². The molecule has 4 aromatic rings. The molecule has 0 amide bonds. The molecule has 0 atom stereocenters. The van der Waals surface area contributed by atoms with Crippen LogP contribution in [0.5, 0.6) is 17.2 Å². The Morgan fingerprint density at radius 3 is 1.71 bits per heavy atom. The van der Waals surface area contributed by atoms with Crippen LogP contribution in [-0.2, 0) is 0 Å². The first-order valence-corrected chi connectivity index (χ1v) is 8.77. The first kappa shape index (κ1) is 17.7. The van der Waals surface area contributed by atoms with E-state index >= 15 is 0 Å². The monoisotopic (exact) mass is 373 g/mol. The van der Waals surface area contributed by atoms with Crippen LogP contribution >= 0.6 is 0 Å². The smallest absolute Gasteiger partial charge is 0.175 e. The summed E-state index contributed by atoms with van der Waals surface area (Å²) < 4.78 is 16.3. The Hall–Kier alpha value is -3.73. The summed E-state index contributed by atoms with van der Waals surface area (Å²) in [6.07, 6.45) is 0. The molecule has 1 N–H and O–H groups in total. The number of rotatable bonds is 5. The molecular weight excluding hydrogens is 354 g/mol. The van der Waals surface area contributed by atoms with E-state index in [4.69, 9.17) is 14.0 Å². The third kappa shape index (κ3) is 3.30. The van der Waals surface area contributed by atoms with Gasteiger partial charge in [0.25, 0.3) is 0 Å². The summed E-state index contributed by atoms with van der Waals surface area (Å²) in [6.45, 7) is 0. The zero-order chi connectivity index (χ0) is 19.5. The van der Waals surface area contributed by atoms with Crippen LogP contribution in [0.4, 0.5) is 0 Å². The minimum absolute atomic E-state index is 0.206. The van der Waals surface area contributed by atoms with Crippen molar-refractivity contribution in [2.45, 2.75) is 0 Å². The van der Waals surface area contributed by atoms with E-state index in [1.165, 1.54) is 0 Å². The van der Waals surface area contributed by atoms with Crippen molar-refractivity contribution in [2.24, 2.45) is 0 Å². The Bertz CT molecular complexity index is 1000. The molecule has 1 heterocycles. The lowest BCUT2D eigenvalue weighted by Gasteiger charge is -2.07. The maximum Gasteiger partial charge on any atom is 0.175 e. The standard InChI is InChI=1S/C23H19NO4/c1-26-19-11-5-16(6-12-19)22-21(15-3-9-18(25)10-4-15)23(28-24-22)17-7-13-20(27-2)14-8-17/h3-14,25H,1-2H3. The van der Waals surface area contributed by atoms with Crippen molar-refractivity contribution in [2.75, 3.05) is 14.2 Å². The van der Waals surface area contributed by atoms with Gasteiger partial charge in [0, 0.05) is 11.1 Å². The normalized spacial score (nSPS) is 10.6. The van der Waals surface area contributed by atoms with E-state index in [0.717, 1.165) is 39.4 Å². The van der Waals surface area contributed by atoms with Gasteiger partial charge in [0.15, 0.2) is 5.76 Å². The molecule has 5 heteroatoms. The van der Waals surface area contributed by atoms with Crippen molar-refractivity contribution in [1.29, 1.82) is 0 Å². The molecule has 0 aliphatic carbocycles. The van der Waals surface area contributed by atoms with Gasteiger partial charge in [-0.15, -0.1) is 0 Å². The molecular formula is C23H19NO4. The van der Waals surface area contributed by atoms with E-state index in [0.29, 0.717) is 5.76 Å². The Balaban J connectivity index is 1.88. The van der Waals surface area contributed by atoms with Crippen LogP contribution < -0.4 is 9.47 Å². The van der Waals surface area contributed by atoms with Crippen LogP contribution in [0.2, 0.25) is 0 Å². The first-order valence-electron chi connectivity index (χ1n) is 8.77. The summed E-state index contributed by atoms with van der Waals surface area (Å²) in [7, 11) is 3.27. The predicted molar refractivity (Wildman–Crippen MR) is 108 cm³/mol. The summed E-state index contributed by atoms with van der Waals surface area (Å²) >= 11 is 0. The summed E-state index contributed by atoms with van der Waals surface area (Å²) in [6, 6.07) is 22.3. The first-order chi connectivity index (χ1) is 13.7. The molecule has 0 aliphatic heterocycles. The van der Waals surface area contributed by atoms with Gasteiger partial charge in [0.2, 0.25) is 0 Å². The highest BCUT2D eigenvalue weighted by Crippen LogP contribution is 2.41. The number of hydrogen-bond donors (Lipinski definition) is 1. The Labute approximate surface area is 162 Å². The average Bonchev–Trinajstić information content (AvgIpc) is 3.19. The van der Waals surface area contributed by atoms with Crippen molar-refractivity contribution >= 4 is 0 Å². The molecule has 1 aromatic heterocycles. The molecule has 0 aliphatic rings. The number of phenolic OH excluding ortho intramolecular Hbond substituents is 1. The summed E-state index contributed by atoms with van der Waals surface area (Å²) in [4.78, 5) is 0. The Kier molecular flexibility index (Phi) is 4.72. The number of phenols is 1. The SMILES string of the molecule is COc1ccc(-c2noc(-c3ccc(OC)cc3)c2-c2ccc(O)cc2)cc1. The van der Waals surface area contributed by atoms with Crippen molar-refractivity contribution in [3.63, 3.8) is 0 Å². The minimum Gasteiger partial charge on any atom is -0.508 e. The zero-order valence-corrected chi connectivity index (χ0v) is 15.5. The quantitative estimate of drug-likeness (QED) is 0.507. The van der Waals surface area contributed by atoms with E-state index in [1.807, 2.05) is 60.7 Å². The van der Waals surface area contributed by atoms with Gasteiger partial charge in [-0.3, -0.25) is 0 Å². The van der Waals surface area contributed by atoms with Crippen LogP contribution in [0, 0.1) is 0 Å². The van der Waals surface area contributed by atoms with Gasteiger partial charge in [-0.05, 0) is 66.2 Å². The van der Waals surface area contributed by atoms with E-state index in [9.17, 15) is 5.11 Å². The highest BCUT2D eigenvalue weighted by Gasteiger charge is 2.21. The van der Waals surface area contributed by atoms with E-state index in [1.54, 1.807) is 26.4 Å². The van der Waals surface area contributed by atoms with Crippen molar-refractivity contribution < 1.29 is 19.1 Å². The van der Waals surface area contributed by atoms with Gasteiger partial charge in [0.1, 0.15) is 22.9 Å². The Morgan fingerprint density at radius 2 is 1.18 bits per heavy atom. The fourth-order valence-electron chi connectivity index (χ4n) is 3.07. The molecule has 0 radical (unpaired) electrons. The summed E-state index contributed by atoms with van der Waals surface area (Å²) in [5.41, 5.74) is 4.27. The molecule has 3 aromatic carbocycles. The lowest BCUT2D eigenvalue weighted by Crippen LogP contribution is -1.87. The maximum absolute atomic E-state index is 9.68. The van der Waals surface area contributed by atoms with Crippen molar-refractivity contribution in [3.05, 3.63) is 72.8 Å². The molecule has 0 fully saturated rings. The van der Waals surface area contributed by atoms with Gasteiger partial charge in [-0.25, -0.2) is 0 Å². The fraction of sp³-hybridized carbons (Fsp3) is 0.0870. The average molecular weight is 373 g/mol. The topological polar surface area (TPSA) is 64.7 Å². The van der Waals surface area contributed by atoms with Gasteiger partial charge in [-0.2, -0.15) is 0 Å². The second-order valence-corrected chi connectivity index (χ2v) is 6.24. The number of aromatic hydroxyl groups is 1. The molecule has 0 spiro atoms. The minimum atomic E-state index is 0.206. The predicted octanol–water partition coefficient (Wildman–Crippen LogP) is 5.40. The molecule has 5 nitrogen and oxygen atoms in total. The number of aromatic nitrogens is 1. The third-order valence-electron chi connectivity index (χ3n) is 4.56. The number of hydrogen-bond acceptors (Lipinski definition) is 5. The van der Waals surface area contributed by atoms with E-state index < -0.39 is 0 Å². The van der Waals surface area contributed by atoms with Gasteiger partial charge < -0.3 is 19.1 Å². The number of nitrogens with zero attached hydrogens (tertiary/aromatic N) is 1. The molecule has 0 bridgehead atoms. The van der Waals surface area contributed by atoms with Crippen LogP contribution in [-0.4, -0.2) is 24.5 Å². The molecule has 28 heavy (non-hydrogen) atoms. The third-order valence-corrected chi connectivity index (χ3v) is 4.56. The second-order valence-electron chi connectivity index (χ2n) is 6.24. The lowest BCUT2D eigenvalue weighted by molar-refractivity contribution is 0.414. The second kappa shape index (κ2) is 7.48. The van der Waals surface area contributed by atoms with Crippen LogP contribution in [0.15, 0.2) is 77.3 Å². The molecule has 140 valence electrons. The lowest BCUT2D eigenvalue weighted by atomic mass is 9.96. The fourth-order valence-corrected chi connectivity index (χ4v) is 3.07. The molecule has 0 saturated heterocycles. The van der Waals surface area contributed by atoms with Crippen molar-refractivity contribution in [3.8, 4) is 51.0 Å². The largest absolute Gasteiger partial charge is 0.508 e. The summed E-state index contributed by atoms with van der Waals surface area (Å²) in [5.74, 6) is 2.40. The van der Waals surface area contributed by atoms with E-state index in [-0.39, 0.29) is 5.75 Å². The molecule has 4 rings (SSSR count). The van der Waals surface area contributed by atoms with Crippen LogP contribution in [0.3, 0.4) is 0 Å². The highest BCUT2D eigenvalue weighted by molar-refractivity contribution is 5.90. The maximum atomic E-state index is 9.68. The number of ether oxygens (including phenoxy) is 2. The number of methoxy groups -OCH3 is 2. The van der Waals surface area contributed by atoms with Gasteiger partial charge in [-0.1, -0.05) is 17.3 Å². The van der Waals surface area contributed by atoms with Gasteiger partial charge in [0.05, 0.1) is 19.8 Å². The molecule has 0 saturated carbocycles. The Morgan fingerprint density at radius 1 is 0.679 bits per heavy atom. The van der Waals surface area contributed by atoms with Crippen LogP contribution in [0.1, 0.15) is 0 Å². The highest BCUT2D eigenvalue weighted by atomic mass is 16.5. The molecule has 0 unspecified atom stereocenters. The van der Waals surface area contributed by atoms with Crippen molar-refractivity contribution in [1.82, 2.24) is 5.16 Å². The number of benzene rings is 3. The summed E-state index contributed by atoms with van der Waals surface area (Å²) in [5, 5.41) is 14.0. The zero-order valence-electron chi connectivity index (χ0n) is 15.5.